The summed E-state index contributed by atoms with van der Waals surface area (Å²) in [4.78, 5) is 25.2. The molecule has 6 atom stereocenters. The van der Waals surface area contributed by atoms with Crippen LogP contribution in [0.25, 0.3) is 0 Å². The van der Waals surface area contributed by atoms with E-state index in [0.717, 1.165) is 49.2 Å². The number of nitrogens with zero attached hydrogens (tertiary/aromatic N) is 5. The Hall–Kier alpha value is -2.01. The van der Waals surface area contributed by atoms with Gasteiger partial charge in [0.1, 0.15) is 12.6 Å². The molecule has 1 spiro atoms. The predicted octanol–water partition coefficient (Wildman–Crippen LogP) is 2.67. The molecule has 0 aromatic carbocycles. The molecular weight excluding hydrogens is 451 g/mol. The number of hydrogen-bond acceptors (Lipinski definition) is 7. The average Bonchev–Trinajstić information content (AvgIpc) is 3.52. The number of rotatable bonds is 5. The van der Waals surface area contributed by atoms with E-state index < -0.39 is 24.3 Å². The molecule has 1 saturated carbocycles. The number of methoxy groups -OCH3 is 2. The Bertz CT molecular complexity index is 886. The number of alkyl halides is 3. The van der Waals surface area contributed by atoms with E-state index in [2.05, 4.69) is 10.1 Å². The lowest BCUT2D eigenvalue weighted by Crippen LogP contribution is -2.55. The van der Waals surface area contributed by atoms with Crippen molar-refractivity contribution < 1.29 is 27.4 Å². The predicted molar refractivity (Wildman–Crippen MR) is 120 cm³/mol. The maximum atomic E-state index is 13.6. The summed E-state index contributed by atoms with van der Waals surface area (Å²) in [6, 6.07) is -0.453. The van der Waals surface area contributed by atoms with Crippen molar-refractivity contribution in [1.29, 1.82) is 0 Å². The number of amides is 1. The summed E-state index contributed by atoms with van der Waals surface area (Å²) in [6.45, 7) is -1.04. The number of hydrogen-bond donors (Lipinski definition) is 0. The third-order valence-electron chi connectivity index (χ3n) is 8.07. The van der Waals surface area contributed by atoms with Gasteiger partial charge in [0.25, 0.3) is 0 Å². The zero-order chi connectivity index (χ0) is 24.1. The Kier molecular flexibility index (Phi) is 6.20. The lowest BCUT2D eigenvalue weighted by atomic mass is 9.79. The van der Waals surface area contributed by atoms with Crippen molar-refractivity contribution in [2.75, 3.05) is 27.3 Å². The van der Waals surface area contributed by atoms with Crippen molar-refractivity contribution in [2.24, 2.45) is 26.9 Å². The van der Waals surface area contributed by atoms with Crippen molar-refractivity contribution in [3.8, 4) is 0 Å². The summed E-state index contributed by atoms with van der Waals surface area (Å²) >= 11 is 0. The van der Waals surface area contributed by atoms with Gasteiger partial charge >= 0.3 is 6.18 Å². The molecule has 1 saturated heterocycles. The average molecular weight is 484 g/mol. The monoisotopic (exact) mass is 483 g/mol. The fourth-order valence-electron chi connectivity index (χ4n) is 6.60. The van der Waals surface area contributed by atoms with Crippen LogP contribution in [0.4, 0.5) is 13.2 Å². The fraction of sp³-hybridized carbons (Fsp3) is 0.826. The topological polar surface area (TPSA) is 79.1 Å². The molecule has 1 aliphatic carbocycles. The number of halogens is 3. The van der Waals surface area contributed by atoms with Gasteiger partial charge in [0.15, 0.2) is 6.23 Å². The second-order valence-electron chi connectivity index (χ2n) is 10.1. The number of hydrazone groups is 1. The maximum Gasteiger partial charge on any atom is 0.407 e. The van der Waals surface area contributed by atoms with E-state index in [9.17, 15) is 18.0 Å². The molecule has 5 rings (SSSR count). The Balaban J connectivity index is 1.40. The maximum absolute atomic E-state index is 13.6. The molecule has 2 fully saturated rings. The summed E-state index contributed by atoms with van der Waals surface area (Å²) < 4.78 is 49.7. The number of fused-ring (bicyclic) bond motifs is 2. The van der Waals surface area contributed by atoms with Crippen LogP contribution < -0.4 is 0 Å². The van der Waals surface area contributed by atoms with Gasteiger partial charge in [-0.25, -0.2) is 0 Å². The minimum atomic E-state index is -4.33. The van der Waals surface area contributed by atoms with Gasteiger partial charge in [0.2, 0.25) is 5.91 Å². The van der Waals surface area contributed by atoms with E-state index in [1.165, 1.54) is 6.21 Å². The summed E-state index contributed by atoms with van der Waals surface area (Å²) in [7, 11) is 3.27. The number of likely N-dealkylation sites (tertiary alicyclic amines) is 1. The van der Waals surface area contributed by atoms with Crippen molar-refractivity contribution in [3.63, 3.8) is 0 Å². The zero-order valence-electron chi connectivity index (χ0n) is 19.6. The highest BCUT2D eigenvalue weighted by Crippen LogP contribution is 2.49. The molecule has 1 amide bonds. The highest BCUT2D eigenvalue weighted by atomic mass is 19.4. The van der Waals surface area contributed by atoms with Crippen molar-refractivity contribution in [1.82, 2.24) is 9.91 Å². The molecule has 34 heavy (non-hydrogen) atoms. The highest BCUT2D eigenvalue weighted by Gasteiger charge is 2.60. The quantitative estimate of drug-likeness (QED) is 0.602. The van der Waals surface area contributed by atoms with Gasteiger partial charge in [-0.15, -0.1) is 0 Å². The summed E-state index contributed by atoms with van der Waals surface area (Å²) in [6.07, 6.45) is 4.41. The molecule has 5 aliphatic rings. The van der Waals surface area contributed by atoms with Crippen LogP contribution in [-0.2, 0) is 14.3 Å². The van der Waals surface area contributed by atoms with E-state index in [4.69, 9.17) is 14.5 Å². The smallest absolute Gasteiger partial charge is 0.377 e. The third kappa shape index (κ3) is 4.04. The van der Waals surface area contributed by atoms with Gasteiger partial charge in [-0.3, -0.25) is 19.8 Å². The van der Waals surface area contributed by atoms with Crippen LogP contribution in [0.3, 0.4) is 0 Å². The lowest BCUT2D eigenvalue weighted by Gasteiger charge is -2.40. The fourth-order valence-corrected chi connectivity index (χ4v) is 6.60. The van der Waals surface area contributed by atoms with E-state index in [-0.39, 0.29) is 42.7 Å². The van der Waals surface area contributed by atoms with Crippen LogP contribution in [-0.4, -0.2) is 97.4 Å². The SMILES string of the molecule is COC1CC(C2CCC3C(=O)N(C4C=NN(CC(F)(F)F)C4)C4(CCCC4)C3=N2)C=NC1OC. The van der Waals surface area contributed by atoms with E-state index in [1.54, 1.807) is 14.2 Å². The molecule has 0 bridgehead atoms. The van der Waals surface area contributed by atoms with Crippen LogP contribution in [0.1, 0.15) is 44.9 Å². The molecule has 0 radical (unpaired) electrons. The van der Waals surface area contributed by atoms with Crippen LogP contribution >= 0.6 is 0 Å². The standard InChI is InChI=1S/C23H32F3N5O3/c1-33-18-9-14(10-27-20(18)34-2)17-6-5-16-19(29-17)22(7-3-4-8-22)31(21(16)32)15-11-28-30(12-15)13-23(24,25)26/h10-11,14-18,20H,3-9,12-13H2,1-2H3. The Morgan fingerprint density at radius 2 is 1.91 bits per heavy atom. The lowest BCUT2D eigenvalue weighted by molar-refractivity contribution is -0.146. The Morgan fingerprint density at radius 3 is 2.59 bits per heavy atom. The first-order chi connectivity index (χ1) is 16.3. The first-order valence-corrected chi connectivity index (χ1v) is 12.1. The van der Waals surface area contributed by atoms with Crippen molar-refractivity contribution in [3.05, 3.63) is 0 Å². The van der Waals surface area contributed by atoms with Crippen LogP contribution in [0.5, 0.6) is 0 Å². The molecule has 4 aliphatic heterocycles. The second kappa shape index (κ2) is 8.89. The first-order valence-electron chi connectivity index (χ1n) is 12.1. The molecule has 0 aromatic rings. The summed E-state index contributed by atoms with van der Waals surface area (Å²) in [5, 5.41) is 5.00. The molecule has 6 unspecified atom stereocenters. The van der Waals surface area contributed by atoms with Crippen molar-refractivity contribution >= 4 is 24.0 Å². The number of carbonyl (C=O) groups excluding carboxylic acids is 1. The number of carbonyl (C=O) groups is 1. The van der Waals surface area contributed by atoms with Gasteiger partial charge < -0.3 is 14.4 Å². The summed E-state index contributed by atoms with van der Waals surface area (Å²) in [5.41, 5.74) is 0.428. The van der Waals surface area contributed by atoms with Gasteiger partial charge in [0, 0.05) is 32.6 Å². The molecule has 8 nitrogen and oxygen atoms in total. The van der Waals surface area contributed by atoms with E-state index in [0.29, 0.717) is 6.42 Å². The van der Waals surface area contributed by atoms with Gasteiger partial charge in [-0.2, -0.15) is 18.3 Å². The van der Waals surface area contributed by atoms with E-state index >= 15 is 0 Å². The largest absolute Gasteiger partial charge is 0.407 e. The number of aliphatic imine (C=N–C) groups is 2. The second-order valence-corrected chi connectivity index (χ2v) is 10.1. The van der Waals surface area contributed by atoms with Gasteiger partial charge in [0.05, 0.1) is 35.8 Å². The van der Waals surface area contributed by atoms with Crippen molar-refractivity contribution in [2.45, 2.75) is 81.1 Å². The highest BCUT2D eigenvalue weighted by molar-refractivity contribution is 6.17. The molecule has 0 N–H and O–H groups in total. The molecule has 4 heterocycles. The Morgan fingerprint density at radius 1 is 1.15 bits per heavy atom. The minimum absolute atomic E-state index is 0.00376. The van der Waals surface area contributed by atoms with Gasteiger partial charge in [-0.05, 0) is 32.1 Å². The number of ether oxygens (including phenoxy) is 2. The third-order valence-corrected chi connectivity index (χ3v) is 8.07. The molecule has 0 aromatic heterocycles. The normalized spacial score (nSPS) is 37.1. The molecule has 11 heteroatoms. The minimum Gasteiger partial charge on any atom is -0.377 e. The van der Waals surface area contributed by atoms with Crippen LogP contribution in [0, 0.1) is 11.8 Å². The van der Waals surface area contributed by atoms with Crippen LogP contribution in [0.15, 0.2) is 15.1 Å². The summed E-state index contributed by atoms with van der Waals surface area (Å²) in [5.74, 6) is -0.191. The molecule has 188 valence electrons. The Labute approximate surface area is 197 Å². The van der Waals surface area contributed by atoms with E-state index in [1.807, 2.05) is 11.1 Å². The van der Waals surface area contributed by atoms with Gasteiger partial charge in [-0.1, -0.05) is 12.8 Å². The van der Waals surface area contributed by atoms with Crippen LogP contribution in [0.2, 0.25) is 0 Å². The molecular formula is C23H32F3N5O3. The first kappa shape index (κ1) is 23.7. The zero-order valence-corrected chi connectivity index (χ0v) is 19.6.